The monoisotopic (exact) mass is 410 g/mol. The zero-order chi connectivity index (χ0) is 21.5. The van der Waals surface area contributed by atoms with Crippen molar-refractivity contribution in [3.05, 3.63) is 77.4 Å². The Morgan fingerprint density at radius 1 is 1.20 bits per heavy atom. The van der Waals surface area contributed by atoms with Crippen LogP contribution in [0.3, 0.4) is 0 Å². The molecule has 0 unspecified atom stereocenters. The fraction of sp³-hybridized carbons (Fsp3) is 0.348. The molecular weight excluding hydrogens is 383 g/mol. The molecule has 1 saturated heterocycles. The molecule has 2 heterocycles. The minimum atomic E-state index is -0.345. The number of halogens is 1. The van der Waals surface area contributed by atoms with E-state index in [0.29, 0.717) is 30.8 Å². The third-order valence-corrected chi connectivity index (χ3v) is 5.27. The van der Waals surface area contributed by atoms with Gasteiger partial charge in [0.25, 0.3) is 5.91 Å². The highest BCUT2D eigenvalue weighted by atomic mass is 19.1. The number of hydrogen-bond acceptors (Lipinski definition) is 3. The lowest BCUT2D eigenvalue weighted by molar-refractivity contribution is 0.0947. The van der Waals surface area contributed by atoms with Crippen molar-refractivity contribution in [2.45, 2.75) is 32.2 Å². The molecule has 0 bridgehead atoms. The highest BCUT2D eigenvalue weighted by Gasteiger charge is 2.27. The number of carbonyl (C=O) groups excluding carboxylic acids is 2. The molecule has 7 heteroatoms. The van der Waals surface area contributed by atoms with E-state index in [0.717, 1.165) is 24.2 Å². The third kappa shape index (κ3) is 5.23. The van der Waals surface area contributed by atoms with Crippen LogP contribution in [0.1, 0.15) is 46.1 Å². The molecule has 30 heavy (non-hydrogen) atoms. The third-order valence-electron chi connectivity index (χ3n) is 5.27. The Morgan fingerprint density at radius 3 is 2.63 bits per heavy atom. The standard InChI is InChI=1S/C23H27FN4O2/c1-3-12-25-23(30)28-13-10-17(11-14-28)21-19(9-8-16(2)27-21)22(29)26-15-18-6-4-5-7-20(18)24/h3-9,17H,1,10-15H2,2H3,(H,25,30)(H,26,29). The summed E-state index contributed by atoms with van der Waals surface area (Å²) in [5, 5.41) is 5.59. The molecule has 3 amide bonds. The Bertz CT molecular complexity index is 923. The summed E-state index contributed by atoms with van der Waals surface area (Å²) in [4.78, 5) is 31.4. The van der Waals surface area contributed by atoms with Crippen LogP contribution in [0.4, 0.5) is 9.18 Å². The first-order valence-corrected chi connectivity index (χ1v) is 10.1. The van der Waals surface area contributed by atoms with Gasteiger partial charge in [-0.05, 0) is 38.0 Å². The van der Waals surface area contributed by atoms with Gasteiger partial charge in [-0.25, -0.2) is 9.18 Å². The number of rotatable bonds is 6. The number of piperidine rings is 1. The van der Waals surface area contributed by atoms with E-state index in [1.807, 2.05) is 6.92 Å². The summed E-state index contributed by atoms with van der Waals surface area (Å²) in [5.74, 6) is -0.531. The Kier molecular flexibility index (Phi) is 7.17. The SMILES string of the molecule is C=CCNC(=O)N1CCC(c2nc(C)ccc2C(=O)NCc2ccccc2F)CC1. The van der Waals surface area contributed by atoms with Gasteiger partial charge in [0, 0.05) is 43.4 Å². The Hall–Kier alpha value is -3.22. The second-order valence-electron chi connectivity index (χ2n) is 7.40. The number of urea groups is 1. The molecule has 1 aromatic carbocycles. The van der Waals surface area contributed by atoms with Gasteiger partial charge in [0.15, 0.2) is 0 Å². The second kappa shape index (κ2) is 10.0. The van der Waals surface area contributed by atoms with E-state index >= 15 is 0 Å². The van der Waals surface area contributed by atoms with Crippen LogP contribution in [0.5, 0.6) is 0 Å². The Morgan fingerprint density at radius 2 is 1.93 bits per heavy atom. The topological polar surface area (TPSA) is 74.3 Å². The van der Waals surface area contributed by atoms with E-state index < -0.39 is 0 Å². The van der Waals surface area contributed by atoms with E-state index in [1.165, 1.54) is 6.07 Å². The molecule has 2 N–H and O–H groups in total. The van der Waals surface area contributed by atoms with E-state index in [-0.39, 0.29) is 30.2 Å². The number of aromatic nitrogens is 1. The zero-order valence-corrected chi connectivity index (χ0v) is 17.2. The van der Waals surface area contributed by atoms with Gasteiger partial charge in [0.1, 0.15) is 5.82 Å². The van der Waals surface area contributed by atoms with Gasteiger partial charge in [-0.1, -0.05) is 24.3 Å². The number of nitrogens with one attached hydrogen (secondary N) is 2. The number of pyridine rings is 1. The molecule has 1 aliphatic heterocycles. The molecule has 0 saturated carbocycles. The maximum absolute atomic E-state index is 13.8. The van der Waals surface area contributed by atoms with Crippen molar-refractivity contribution in [2.24, 2.45) is 0 Å². The van der Waals surface area contributed by atoms with Crippen molar-refractivity contribution in [3.8, 4) is 0 Å². The molecule has 158 valence electrons. The average Bonchev–Trinajstić information content (AvgIpc) is 2.76. The molecule has 1 fully saturated rings. The summed E-state index contributed by atoms with van der Waals surface area (Å²) in [5.41, 5.74) is 2.52. The van der Waals surface area contributed by atoms with Crippen LogP contribution in [0.15, 0.2) is 49.1 Å². The Labute approximate surface area is 176 Å². The predicted octanol–water partition coefficient (Wildman–Crippen LogP) is 3.53. The van der Waals surface area contributed by atoms with Crippen molar-refractivity contribution in [2.75, 3.05) is 19.6 Å². The van der Waals surface area contributed by atoms with Gasteiger partial charge in [-0.2, -0.15) is 0 Å². The molecule has 2 aromatic rings. The first-order chi connectivity index (χ1) is 14.5. The van der Waals surface area contributed by atoms with Crippen LogP contribution in [0.25, 0.3) is 0 Å². The molecule has 0 atom stereocenters. The summed E-state index contributed by atoms with van der Waals surface area (Å²) in [6.45, 7) is 7.23. The lowest BCUT2D eigenvalue weighted by Gasteiger charge is -2.32. The number of amides is 3. The first kappa shape index (κ1) is 21.5. The number of aryl methyl sites for hydroxylation is 1. The van der Waals surface area contributed by atoms with Gasteiger partial charge >= 0.3 is 6.03 Å². The van der Waals surface area contributed by atoms with Crippen LogP contribution in [-0.4, -0.2) is 41.5 Å². The summed E-state index contributed by atoms with van der Waals surface area (Å²) in [7, 11) is 0. The normalized spacial score (nSPS) is 14.3. The maximum atomic E-state index is 13.8. The highest BCUT2D eigenvalue weighted by Crippen LogP contribution is 2.29. The van der Waals surface area contributed by atoms with Crippen molar-refractivity contribution in [1.29, 1.82) is 0 Å². The fourth-order valence-electron chi connectivity index (χ4n) is 3.62. The average molecular weight is 410 g/mol. The van der Waals surface area contributed by atoms with Crippen LogP contribution in [0.2, 0.25) is 0 Å². The van der Waals surface area contributed by atoms with Crippen LogP contribution < -0.4 is 10.6 Å². The number of benzene rings is 1. The van der Waals surface area contributed by atoms with E-state index in [1.54, 1.807) is 41.3 Å². The molecule has 3 rings (SSSR count). The predicted molar refractivity (Wildman–Crippen MR) is 114 cm³/mol. The fourth-order valence-corrected chi connectivity index (χ4v) is 3.62. The van der Waals surface area contributed by atoms with Crippen molar-refractivity contribution in [3.63, 3.8) is 0 Å². The summed E-state index contributed by atoms with van der Waals surface area (Å²) < 4.78 is 13.8. The molecule has 1 aliphatic rings. The Balaban J connectivity index is 1.68. The van der Waals surface area contributed by atoms with Crippen LogP contribution in [0, 0.1) is 12.7 Å². The summed E-state index contributed by atoms with van der Waals surface area (Å²) >= 11 is 0. The molecular formula is C23H27FN4O2. The van der Waals surface area contributed by atoms with Crippen molar-refractivity contribution >= 4 is 11.9 Å². The molecule has 6 nitrogen and oxygen atoms in total. The van der Waals surface area contributed by atoms with Crippen molar-refractivity contribution < 1.29 is 14.0 Å². The number of carbonyl (C=O) groups is 2. The van der Waals surface area contributed by atoms with Gasteiger partial charge in [-0.3, -0.25) is 9.78 Å². The lowest BCUT2D eigenvalue weighted by Crippen LogP contribution is -2.44. The van der Waals surface area contributed by atoms with Gasteiger partial charge in [-0.15, -0.1) is 6.58 Å². The lowest BCUT2D eigenvalue weighted by atomic mass is 9.90. The maximum Gasteiger partial charge on any atom is 0.317 e. The largest absolute Gasteiger partial charge is 0.348 e. The highest BCUT2D eigenvalue weighted by molar-refractivity contribution is 5.95. The molecule has 1 aromatic heterocycles. The zero-order valence-electron chi connectivity index (χ0n) is 17.2. The summed E-state index contributed by atoms with van der Waals surface area (Å²) in [6.07, 6.45) is 3.10. The van der Waals surface area contributed by atoms with Gasteiger partial charge < -0.3 is 15.5 Å². The van der Waals surface area contributed by atoms with Gasteiger partial charge in [0.05, 0.1) is 11.3 Å². The smallest absolute Gasteiger partial charge is 0.317 e. The van der Waals surface area contributed by atoms with Crippen LogP contribution in [-0.2, 0) is 6.54 Å². The molecule has 0 spiro atoms. The number of likely N-dealkylation sites (tertiary alicyclic amines) is 1. The first-order valence-electron chi connectivity index (χ1n) is 10.1. The van der Waals surface area contributed by atoms with E-state index in [4.69, 9.17) is 0 Å². The molecule has 0 aliphatic carbocycles. The number of hydrogen-bond donors (Lipinski definition) is 2. The van der Waals surface area contributed by atoms with Crippen LogP contribution >= 0.6 is 0 Å². The summed E-state index contributed by atoms with van der Waals surface area (Å²) in [6, 6.07) is 9.86. The van der Waals surface area contributed by atoms with E-state index in [2.05, 4.69) is 22.2 Å². The number of nitrogens with zero attached hydrogens (tertiary/aromatic N) is 2. The molecule has 0 radical (unpaired) electrons. The minimum absolute atomic E-state index is 0.0857. The minimum Gasteiger partial charge on any atom is -0.348 e. The van der Waals surface area contributed by atoms with Crippen molar-refractivity contribution in [1.82, 2.24) is 20.5 Å². The second-order valence-corrected chi connectivity index (χ2v) is 7.40. The van der Waals surface area contributed by atoms with Gasteiger partial charge in [0.2, 0.25) is 0 Å². The quantitative estimate of drug-likeness (QED) is 0.716. The van der Waals surface area contributed by atoms with E-state index in [9.17, 15) is 14.0 Å².